The molecule has 0 spiro atoms. The average Bonchev–Trinajstić information content (AvgIpc) is 2.68. The van der Waals surface area contributed by atoms with Gasteiger partial charge in [0.2, 0.25) is 0 Å². The summed E-state index contributed by atoms with van der Waals surface area (Å²) in [4.78, 5) is 25.4. The molecule has 26 heavy (non-hydrogen) atoms. The van der Waals surface area contributed by atoms with Gasteiger partial charge in [0.25, 0.3) is 11.6 Å². The smallest absolute Gasteiger partial charge is 0.282 e. The molecular weight excluding hydrogens is 330 g/mol. The molecule has 0 aromatic heterocycles. The molecule has 0 radical (unpaired) electrons. The summed E-state index contributed by atoms with van der Waals surface area (Å²) in [5.41, 5.74) is 2.15. The summed E-state index contributed by atoms with van der Waals surface area (Å²) in [6, 6.07) is 14.1. The number of amides is 1. The maximum absolute atomic E-state index is 12.4. The first-order valence-electron chi connectivity index (χ1n) is 8.96. The van der Waals surface area contributed by atoms with E-state index in [1.54, 1.807) is 12.1 Å². The third-order valence-electron chi connectivity index (χ3n) is 4.75. The molecule has 0 atom stereocenters. The molecule has 1 heterocycles. The molecule has 6 heteroatoms. The summed E-state index contributed by atoms with van der Waals surface area (Å²) in [6.07, 6.45) is 3.76. The molecule has 1 amide bonds. The minimum absolute atomic E-state index is 0.0889. The van der Waals surface area contributed by atoms with E-state index in [-0.39, 0.29) is 11.3 Å². The number of nitrogens with zero attached hydrogens (tertiary/aromatic N) is 2. The van der Waals surface area contributed by atoms with Gasteiger partial charge < -0.3 is 5.32 Å². The predicted octanol–water partition coefficient (Wildman–Crippen LogP) is 3.51. The van der Waals surface area contributed by atoms with Gasteiger partial charge in [-0.25, -0.2) is 0 Å². The van der Waals surface area contributed by atoms with E-state index >= 15 is 0 Å². The number of nitrogens with one attached hydrogen (secondary N) is 1. The summed E-state index contributed by atoms with van der Waals surface area (Å²) in [5.74, 6) is -0.426. The molecule has 1 saturated heterocycles. The van der Waals surface area contributed by atoms with E-state index in [4.69, 9.17) is 0 Å². The fraction of sp³-hybridized carbons (Fsp3) is 0.350. The number of likely N-dealkylation sites (tertiary alicyclic amines) is 1. The quantitative estimate of drug-likeness (QED) is 0.637. The lowest BCUT2D eigenvalue weighted by atomic mass is 10.0. The summed E-state index contributed by atoms with van der Waals surface area (Å²) in [6.45, 7) is 3.44. The SMILES string of the molecule is O=C(NCc1ccccc1CN1CCCCC1)c1ccccc1[N+](=O)[O-]. The van der Waals surface area contributed by atoms with Crippen LogP contribution in [-0.2, 0) is 13.1 Å². The van der Waals surface area contributed by atoms with E-state index in [0.29, 0.717) is 6.54 Å². The lowest BCUT2D eigenvalue weighted by Gasteiger charge is -2.27. The van der Waals surface area contributed by atoms with Crippen molar-refractivity contribution in [3.05, 3.63) is 75.3 Å². The second kappa shape index (κ2) is 8.58. The molecule has 1 N–H and O–H groups in total. The number of benzene rings is 2. The predicted molar refractivity (Wildman–Crippen MR) is 99.8 cm³/mol. The minimum atomic E-state index is -0.529. The first-order chi connectivity index (χ1) is 12.6. The Hall–Kier alpha value is -2.73. The molecule has 1 aliphatic rings. The number of carbonyl (C=O) groups excluding carboxylic acids is 1. The fourth-order valence-corrected chi connectivity index (χ4v) is 3.34. The molecule has 6 nitrogen and oxygen atoms in total. The highest BCUT2D eigenvalue weighted by Crippen LogP contribution is 2.19. The van der Waals surface area contributed by atoms with Crippen molar-refractivity contribution in [1.29, 1.82) is 0 Å². The number of nitro groups is 1. The van der Waals surface area contributed by atoms with Crippen LogP contribution in [0, 0.1) is 10.1 Å². The van der Waals surface area contributed by atoms with Crippen molar-refractivity contribution in [3.63, 3.8) is 0 Å². The highest BCUT2D eigenvalue weighted by atomic mass is 16.6. The van der Waals surface area contributed by atoms with Crippen LogP contribution in [0.4, 0.5) is 5.69 Å². The van der Waals surface area contributed by atoms with Gasteiger partial charge in [-0.3, -0.25) is 19.8 Å². The van der Waals surface area contributed by atoms with Gasteiger partial charge in [0, 0.05) is 19.2 Å². The van der Waals surface area contributed by atoms with E-state index in [2.05, 4.69) is 16.3 Å². The topological polar surface area (TPSA) is 75.5 Å². The summed E-state index contributed by atoms with van der Waals surface area (Å²) in [5, 5.41) is 13.9. The van der Waals surface area contributed by atoms with Crippen LogP contribution >= 0.6 is 0 Å². The largest absolute Gasteiger partial charge is 0.348 e. The van der Waals surface area contributed by atoms with Crippen LogP contribution < -0.4 is 5.32 Å². The van der Waals surface area contributed by atoms with E-state index in [0.717, 1.165) is 25.2 Å². The minimum Gasteiger partial charge on any atom is -0.348 e. The second-order valence-corrected chi connectivity index (χ2v) is 6.56. The number of piperidine rings is 1. The summed E-state index contributed by atoms with van der Waals surface area (Å²) >= 11 is 0. The van der Waals surface area contributed by atoms with Crippen LogP contribution in [-0.4, -0.2) is 28.8 Å². The normalized spacial score (nSPS) is 14.8. The third kappa shape index (κ3) is 4.46. The molecule has 0 unspecified atom stereocenters. The van der Waals surface area contributed by atoms with E-state index in [9.17, 15) is 14.9 Å². The molecule has 3 rings (SSSR count). The number of hydrogen-bond acceptors (Lipinski definition) is 4. The number of nitro benzene ring substituents is 1. The fourth-order valence-electron chi connectivity index (χ4n) is 3.34. The van der Waals surface area contributed by atoms with Crippen LogP contribution in [0.15, 0.2) is 48.5 Å². The molecule has 136 valence electrons. The highest BCUT2D eigenvalue weighted by molar-refractivity contribution is 5.98. The van der Waals surface area contributed by atoms with Crippen molar-refractivity contribution in [2.75, 3.05) is 13.1 Å². The van der Waals surface area contributed by atoms with Gasteiger partial charge in [0.1, 0.15) is 5.56 Å². The first-order valence-corrected chi connectivity index (χ1v) is 8.96. The second-order valence-electron chi connectivity index (χ2n) is 6.56. The first kappa shape index (κ1) is 18.1. The van der Waals surface area contributed by atoms with Crippen molar-refractivity contribution in [3.8, 4) is 0 Å². The number of para-hydroxylation sites is 1. The zero-order chi connectivity index (χ0) is 18.4. The average molecular weight is 353 g/mol. The van der Waals surface area contributed by atoms with E-state index in [1.165, 1.54) is 37.0 Å². The van der Waals surface area contributed by atoms with Crippen molar-refractivity contribution in [1.82, 2.24) is 10.2 Å². The monoisotopic (exact) mass is 353 g/mol. The Morgan fingerprint density at radius 1 is 1.00 bits per heavy atom. The summed E-state index contributed by atoms with van der Waals surface area (Å²) in [7, 11) is 0. The van der Waals surface area contributed by atoms with Gasteiger partial charge in [0.15, 0.2) is 0 Å². The van der Waals surface area contributed by atoms with Gasteiger partial charge in [0.05, 0.1) is 4.92 Å². The zero-order valence-electron chi connectivity index (χ0n) is 14.7. The van der Waals surface area contributed by atoms with E-state index < -0.39 is 10.8 Å². The lowest BCUT2D eigenvalue weighted by Crippen LogP contribution is -2.30. The Labute approximate surface area is 153 Å². The molecular formula is C20H23N3O3. The van der Waals surface area contributed by atoms with Crippen LogP contribution in [0.2, 0.25) is 0 Å². The van der Waals surface area contributed by atoms with Gasteiger partial charge in [-0.15, -0.1) is 0 Å². The standard InChI is InChI=1S/C20H23N3O3/c24-20(18-10-4-5-11-19(18)23(25)26)21-14-16-8-2-3-9-17(16)15-22-12-6-1-7-13-22/h2-5,8-11H,1,6-7,12-15H2,(H,21,24). The number of hydrogen-bond donors (Lipinski definition) is 1. The Balaban J connectivity index is 1.68. The molecule has 0 bridgehead atoms. The zero-order valence-corrected chi connectivity index (χ0v) is 14.7. The molecule has 2 aromatic carbocycles. The Morgan fingerprint density at radius 2 is 1.65 bits per heavy atom. The van der Waals surface area contributed by atoms with Gasteiger partial charge in [-0.05, 0) is 43.1 Å². The number of rotatable bonds is 6. The van der Waals surface area contributed by atoms with Crippen LogP contribution in [0.3, 0.4) is 0 Å². The molecule has 2 aromatic rings. The van der Waals surface area contributed by atoms with Gasteiger partial charge >= 0.3 is 0 Å². The van der Waals surface area contributed by atoms with Crippen molar-refractivity contribution in [2.45, 2.75) is 32.4 Å². The van der Waals surface area contributed by atoms with Crippen molar-refractivity contribution >= 4 is 11.6 Å². The third-order valence-corrected chi connectivity index (χ3v) is 4.75. The van der Waals surface area contributed by atoms with Crippen LogP contribution in [0.1, 0.15) is 40.7 Å². The molecule has 0 saturated carbocycles. The Morgan fingerprint density at radius 3 is 2.38 bits per heavy atom. The Bertz CT molecular complexity index is 785. The Kier molecular flexibility index (Phi) is 5.96. The summed E-state index contributed by atoms with van der Waals surface area (Å²) < 4.78 is 0. The molecule has 0 aliphatic carbocycles. The van der Waals surface area contributed by atoms with Gasteiger partial charge in [-0.2, -0.15) is 0 Å². The van der Waals surface area contributed by atoms with E-state index in [1.807, 2.05) is 18.2 Å². The van der Waals surface area contributed by atoms with Crippen molar-refractivity contribution < 1.29 is 9.72 Å². The van der Waals surface area contributed by atoms with Crippen LogP contribution in [0.25, 0.3) is 0 Å². The maximum Gasteiger partial charge on any atom is 0.282 e. The van der Waals surface area contributed by atoms with Gasteiger partial charge in [-0.1, -0.05) is 42.8 Å². The maximum atomic E-state index is 12.4. The van der Waals surface area contributed by atoms with Crippen molar-refractivity contribution in [2.24, 2.45) is 0 Å². The molecule has 1 fully saturated rings. The lowest BCUT2D eigenvalue weighted by molar-refractivity contribution is -0.385. The number of carbonyl (C=O) groups is 1. The highest BCUT2D eigenvalue weighted by Gasteiger charge is 2.19. The van der Waals surface area contributed by atoms with Crippen LogP contribution in [0.5, 0.6) is 0 Å². The molecule has 1 aliphatic heterocycles.